The fourth-order valence-electron chi connectivity index (χ4n) is 2.31. The molecule has 0 bridgehead atoms. The van der Waals surface area contributed by atoms with Crippen LogP contribution in [-0.4, -0.2) is 28.6 Å². The van der Waals surface area contributed by atoms with Crippen LogP contribution in [0.2, 0.25) is 0 Å². The summed E-state index contributed by atoms with van der Waals surface area (Å²) in [6, 6.07) is 1.91. The van der Waals surface area contributed by atoms with Crippen LogP contribution in [0.4, 0.5) is 0 Å². The zero-order valence-electron chi connectivity index (χ0n) is 11.8. The smallest absolute Gasteiger partial charge is 0.137 e. The maximum Gasteiger partial charge on any atom is 0.137 e. The van der Waals surface area contributed by atoms with Crippen LogP contribution in [0.25, 0.3) is 11.7 Å². The van der Waals surface area contributed by atoms with Crippen LogP contribution in [0.5, 0.6) is 0 Å². The minimum Gasteiger partial charge on any atom is -0.394 e. The number of aliphatic hydroxyl groups excluding tert-OH is 1. The number of aliphatic imine (C=N–C) groups is 1. The lowest BCUT2D eigenvalue weighted by Crippen LogP contribution is -2.31. The van der Waals surface area contributed by atoms with Crippen molar-refractivity contribution in [3.8, 4) is 0 Å². The van der Waals surface area contributed by atoms with Crippen LogP contribution < -0.4 is 10.6 Å². The Morgan fingerprint density at radius 2 is 2.45 bits per heavy atom. The Bertz CT molecular complexity index is 579. The summed E-state index contributed by atoms with van der Waals surface area (Å²) in [6.07, 6.45) is 7.29. The number of ether oxygens (including phenoxy) is 1. The highest BCUT2D eigenvalue weighted by Crippen LogP contribution is 2.26. The van der Waals surface area contributed by atoms with Crippen molar-refractivity contribution < 1.29 is 9.84 Å². The SMILES string of the molecule is C=c1/c(=C(Cl)\N=C/CCC)ccn1C1CCC(CO)O1. The molecule has 0 radical (unpaired) electrons. The number of rotatable bonds is 5. The van der Waals surface area contributed by atoms with E-state index in [0.717, 1.165) is 36.3 Å². The Kier molecular flexibility index (Phi) is 5.40. The first-order valence-corrected chi connectivity index (χ1v) is 7.39. The molecular weight excluding hydrogens is 276 g/mol. The first-order chi connectivity index (χ1) is 9.67. The van der Waals surface area contributed by atoms with Gasteiger partial charge < -0.3 is 14.4 Å². The molecule has 2 rings (SSSR count). The van der Waals surface area contributed by atoms with E-state index in [4.69, 9.17) is 21.4 Å². The lowest BCUT2D eigenvalue weighted by Gasteiger charge is -2.14. The summed E-state index contributed by atoms with van der Waals surface area (Å²) in [4.78, 5) is 4.24. The Hall–Kier alpha value is -1.10. The lowest BCUT2D eigenvalue weighted by molar-refractivity contribution is -0.0233. The predicted octanol–water partition coefficient (Wildman–Crippen LogP) is 1.74. The van der Waals surface area contributed by atoms with E-state index in [1.54, 1.807) is 0 Å². The second-order valence-electron chi connectivity index (χ2n) is 4.95. The Labute approximate surface area is 124 Å². The first-order valence-electron chi connectivity index (χ1n) is 7.01. The van der Waals surface area contributed by atoms with E-state index in [1.807, 2.05) is 23.0 Å². The number of unbranched alkanes of at least 4 members (excludes halogenated alkanes) is 1. The number of hydrogen-bond acceptors (Lipinski definition) is 3. The summed E-state index contributed by atoms with van der Waals surface area (Å²) in [6.45, 7) is 6.22. The monoisotopic (exact) mass is 296 g/mol. The molecule has 110 valence electrons. The topological polar surface area (TPSA) is 46.8 Å². The van der Waals surface area contributed by atoms with Gasteiger partial charge in [-0.3, -0.25) is 0 Å². The lowest BCUT2D eigenvalue weighted by atomic mass is 10.2. The van der Waals surface area contributed by atoms with Crippen LogP contribution in [-0.2, 0) is 4.74 Å². The van der Waals surface area contributed by atoms with Gasteiger partial charge in [0, 0.05) is 23.0 Å². The summed E-state index contributed by atoms with van der Waals surface area (Å²) in [5.41, 5.74) is 0. The fraction of sp³-hybridized carbons (Fsp3) is 0.533. The first kappa shape index (κ1) is 15.3. The van der Waals surface area contributed by atoms with Gasteiger partial charge in [-0.05, 0) is 25.3 Å². The van der Waals surface area contributed by atoms with Gasteiger partial charge >= 0.3 is 0 Å². The van der Waals surface area contributed by atoms with Crippen LogP contribution >= 0.6 is 11.6 Å². The van der Waals surface area contributed by atoms with Crippen molar-refractivity contribution in [3.63, 3.8) is 0 Å². The molecule has 1 saturated heterocycles. The van der Waals surface area contributed by atoms with Gasteiger partial charge in [0.25, 0.3) is 0 Å². The second kappa shape index (κ2) is 7.07. The van der Waals surface area contributed by atoms with Crippen molar-refractivity contribution in [1.82, 2.24) is 4.57 Å². The quantitative estimate of drug-likeness (QED) is 0.665. The molecule has 5 heteroatoms. The van der Waals surface area contributed by atoms with E-state index in [1.165, 1.54) is 0 Å². The molecule has 1 aliphatic rings. The molecule has 1 aromatic rings. The molecule has 20 heavy (non-hydrogen) atoms. The van der Waals surface area contributed by atoms with E-state index < -0.39 is 0 Å². The van der Waals surface area contributed by atoms with Gasteiger partial charge in [0.2, 0.25) is 0 Å². The maximum atomic E-state index is 9.12. The van der Waals surface area contributed by atoms with Gasteiger partial charge in [0.1, 0.15) is 11.4 Å². The van der Waals surface area contributed by atoms with E-state index in [2.05, 4.69) is 18.5 Å². The zero-order valence-corrected chi connectivity index (χ0v) is 12.5. The molecule has 0 aromatic carbocycles. The molecule has 1 fully saturated rings. The molecule has 1 aliphatic heterocycles. The zero-order chi connectivity index (χ0) is 14.5. The molecule has 2 heterocycles. The normalized spacial score (nSPS) is 24.6. The van der Waals surface area contributed by atoms with E-state index >= 15 is 0 Å². The molecule has 0 saturated carbocycles. The van der Waals surface area contributed by atoms with Crippen molar-refractivity contribution in [2.24, 2.45) is 4.99 Å². The average Bonchev–Trinajstić information content (AvgIpc) is 3.05. The van der Waals surface area contributed by atoms with Crippen molar-refractivity contribution in [2.75, 3.05) is 6.61 Å². The number of halogens is 1. The van der Waals surface area contributed by atoms with Crippen molar-refractivity contribution in [3.05, 3.63) is 22.8 Å². The third kappa shape index (κ3) is 3.32. The minimum absolute atomic E-state index is 0.0608. The van der Waals surface area contributed by atoms with Gasteiger partial charge in [-0.2, -0.15) is 0 Å². The molecule has 4 nitrogen and oxygen atoms in total. The largest absolute Gasteiger partial charge is 0.394 e. The van der Waals surface area contributed by atoms with Gasteiger partial charge in [-0.15, -0.1) is 0 Å². The summed E-state index contributed by atoms with van der Waals surface area (Å²) in [7, 11) is 0. The predicted molar refractivity (Wildman–Crippen MR) is 82.1 cm³/mol. The van der Waals surface area contributed by atoms with E-state index in [0.29, 0.717) is 5.16 Å². The highest BCUT2D eigenvalue weighted by Gasteiger charge is 2.25. The van der Waals surface area contributed by atoms with Crippen LogP contribution in [0, 0.1) is 0 Å². The molecule has 0 aliphatic carbocycles. The average molecular weight is 297 g/mol. The molecule has 0 spiro atoms. The molecule has 2 atom stereocenters. The standard InChI is InChI=1S/C15H21ClN2O2/c1-3-4-8-17-15(16)13-7-9-18(11(13)2)14-6-5-12(10-19)20-14/h7-9,12,14,19H,2-6,10H2,1H3/b15-13-,17-8-. The molecule has 0 amide bonds. The van der Waals surface area contributed by atoms with Gasteiger partial charge in [0.15, 0.2) is 0 Å². The van der Waals surface area contributed by atoms with Crippen LogP contribution in [0.15, 0.2) is 17.3 Å². The third-order valence-electron chi connectivity index (χ3n) is 3.47. The fourth-order valence-corrected chi connectivity index (χ4v) is 2.55. The summed E-state index contributed by atoms with van der Waals surface area (Å²) < 4.78 is 7.71. The Balaban J connectivity index is 2.23. The molecule has 2 unspecified atom stereocenters. The summed E-state index contributed by atoms with van der Waals surface area (Å²) >= 11 is 6.21. The Morgan fingerprint density at radius 3 is 3.10 bits per heavy atom. The van der Waals surface area contributed by atoms with Crippen molar-refractivity contribution >= 4 is 29.6 Å². The van der Waals surface area contributed by atoms with Crippen molar-refractivity contribution in [1.29, 1.82) is 0 Å². The third-order valence-corrected chi connectivity index (χ3v) is 3.77. The number of aromatic nitrogens is 1. The number of aliphatic hydroxyl groups is 1. The van der Waals surface area contributed by atoms with Gasteiger partial charge in [-0.25, -0.2) is 4.99 Å². The van der Waals surface area contributed by atoms with Crippen LogP contribution in [0.3, 0.4) is 0 Å². The molecule has 1 N–H and O–H groups in total. The maximum absolute atomic E-state index is 9.12. The van der Waals surface area contributed by atoms with Gasteiger partial charge in [-0.1, -0.05) is 31.5 Å². The number of hydrogen-bond donors (Lipinski definition) is 1. The highest BCUT2D eigenvalue weighted by atomic mass is 35.5. The Morgan fingerprint density at radius 1 is 1.65 bits per heavy atom. The molecular formula is C15H21ClN2O2. The van der Waals surface area contributed by atoms with E-state index in [9.17, 15) is 0 Å². The van der Waals surface area contributed by atoms with Crippen LogP contribution in [0.1, 0.15) is 38.8 Å². The molecule has 1 aromatic heterocycles. The second-order valence-corrected chi connectivity index (χ2v) is 5.31. The van der Waals surface area contributed by atoms with Crippen molar-refractivity contribution in [2.45, 2.75) is 44.9 Å². The number of nitrogens with zero attached hydrogens (tertiary/aromatic N) is 2. The summed E-state index contributed by atoms with van der Waals surface area (Å²) in [5, 5.41) is 11.2. The highest BCUT2D eigenvalue weighted by molar-refractivity contribution is 6.45. The van der Waals surface area contributed by atoms with E-state index in [-0.39, 0.29) is 18.9 Å². The minimum atomic E-state index is -0.0766. The van der Waals surface area contributed by atoms with Gasteiger partial charge in [0.05, 0.1) is 12.7 Å². The summed E-state index contributed by atoms with van der Waals surface area (Å²) in [5.74, 6) is 0.